The maximum absolute atomic E-state index is 12.8. The summed E-state index contributed by atoms with van der Waals surface area (Å²) < 4.78 is 0. The van der Waals surface area contributed by atoms with Gasteiger partial charge < -0.3 is 9.80 Å². The molecule has 21 heavy (non-hydrogen) atoms. The van der Waals surface area contributed by atoms with Crippen LogP contribution < -0.4 is 0 Å². The van der Waals surface area contributed by atoms with Crippen molar-refractivity contribution in [1.82, 2.24) is 9.80 Å². The Labute approximate surface area is 125 Å². The fraction of sp³-hybridized carbons (Fsp3) is 0.529. The van der Waals surface area contributed by atoms with E-state index in [9.17, 15) is 9.59 Å². The third-order valence-electron chi connectivity index (χ3n) is 4.60. The number of piperazine rings is 1. The van der Waals surface area contributed by atoms with Gasteiger partial charge in [-0.25, -0.2) is 0 Å². The van der Waals surface area contributed by atoms with Crippen LogP contribution in [0.3, 0.4) is 0 Å². The predicted molar refractivity (Wildman–Crippen MR) is 80.4 cm³/mol. The topological polar surface area (TPSA) is 40.6 Å². The van der Waals surface area contributed by atoms with Crippen molar-refractivity contribution in [2.24, 2.45) is 0 Å². The van der Waals surface area contributed by atoms with Crippen molar-refractivity contribution in [3.63, 3.8) is 0 Å². The Morgan fingerprint density at radius 2 is 1.86 bits per heavy atom. The van der Waals surface area contributed by atoms with Gasteiger partial charge in [-0.15, -0.1) is 0 Å². The maximum atomic E-state index is 12.8. The summed E-state index contributed by atoms with van der Waals surface area (Å²) in [6.07, 6.45) is 3.55. The molecule has 4 nitrogen and oxygen atoms in total. The molecule has 2 atom stereocenters. The summed E-state index contributed by atoms with van der Waals surface area (Å²) in [5.41, 5.74) is 1.08. The van der Waals surface area contributed by atoms with Gasteiger partial charge in [0.2, 0.25) is 11.8 Å². The number of rotatable bonds is 3. The van der Waals surface area contributed by atoms with Crippen LogP contribution in [0.2, 0.25) is 0 Å². The van der Waals surface area contributed by atoms with E-state index in [1.54, 1.807) is 4.90 Å². The largest absolute Gasteiger partial charge is 0.329 e. The normalized spacial score (nSPS) is 26.0. The predicted octanol–water partition coefficient (Wildman–Crippen LogP) is 2.19. The molecule has 0 aliphatic carbocycles. The Morgan fingerprint density at radius 1 is 1.10 bits per heavy atom. The van der Waals surface area contributed by atoms with Gasteiger partial charge in [-0.1, -0.05) is 37.3 Å². The standard InChI is InChI=1S/C17H22N2O2/c1-2-14-16(20)18-11-7-6-10-15(18)17(21)19(14)12-13-8-4-3-5-9-13/h3-5,8-9,14-15H,2,6-7,10-12H2,1H3. The molecule has 2 heterocycles. The van der Waals surface area contributed by atoms with Crippen molar-refractivity contribution in [3.05, 3.63) is 35.9 Å². The van der Waals surface area contributed by atoms with Gasteiger partial charge in [0, 0.05) is 13.1 Å². The molecule has 2 unspecified atom stereocenters. The monoisotopic (exact) mass is 286 g/mol. The number of nitrogens with zero attached hydrogens (tertiary/aromatic N) is 2. The lowest BCUT2D eigenvalue weighted by Gasteiger charge is -2.46. The lowest BCUT2D eigenvalue weighted by molar-refractivity contribution is -0.164. The van der Waals surface area contributed by atoms with Crippen LogP contribution in [0, 0.1) is 0 Å². The molecule has 0 saturated carbocycles. The van der Waals surface area contributed by atoms with Gasteiger partial charge in [-0.2, -0.15) is 0 Å². The van der Waals surface area contributed by atoms with Crippen molar-refractivity contribution < 1.29 is 9.59 Å². The SMILES string of the molecule is CCC1C(=O)N2CCCCC2C(=O)N1Cc1ccccc1. The molecule has 2 amide bonds. The summed E-state index contributed by atoms with van der Waals surface area (Å²) in [4.78, 5) is 29.1. The van der Waals surface area contributed by atoms with E-state index in [0.717, 1.165) is 31.4 Å². The summed E-state index contributed by atoms with van der Waals surface area (Å²) in [7, 11) is 0. The average Bonchev–Trinajstić information content (AvgIpc) is 2.54. The lowest BCUT2D eigenvalue weighted by atomic mass is 9.94. The molecule has 2 saturated heterocycles. The molecule has 0 N–H and O–H groups in total. The number of hydrogen-bond donors (Lipinski definition) is 0. The van der Waals surface area contributed by atoms with Crippen molar-refractivity contribution in [3.8, 4) is 0 Å². The molecule has 2 aliphatic heterocycles. The zero-order chi connectivity index (χ0) is 14.8. The minimum atomic E-state index is -0.299. The molecule has 2 fully saturated rings. The highest BCUT2D eigenvalue weighted by atomic mass is 16.2. The lowest BCUT2D eigenvalue weighted by Crippen LogP contribution is -2.65. The number of hydrogen-bond acceptors (Lipinski definition) is 2. The van der Waals surface area contributed by atoms with E-state index < -0.39 is 0 Å². The van der Waals surface area contributed by atoms with Gasteiger partial charge in [0.25, 0.3) is 0 Å². The second-order valence-electron chi connectivity index (χ2n) is 5.92. The molecule has 0 radical (unpaired) electrons. The molecule has 112 valence electrons. The highest BCUT2D eigenvalue weighted by Gasteiger charge is 2.45. The summed E-state index contributed by atoms with van der Waals surface area (Å²) in [5, 5.41) is 0. The first kappa shape index (κ1) is 14.1. The van der Waals surface area contributed by atoms with Crippen LogP contribution in [0.1, 0.15) is 38.2 Å². The number of fused-ring (bicyclic) bond motifs is 1. The zero-order valence-corrected chi connectivity index (χ0v) is 12.5. The molecule has 0 spiro atoms. The van der Waals surface area contributed by atoms with Crippen LogP contribution >= 0.6 is 0 Å². The van der Waals surface area contributed by atoms with Gasteiger partial charge >= 0.3 is 0 Å². The van der Waals surface area contributed by atoms with Gasteiger partial charge in [0.05, 0.1) is 0 Å². The fourth-order valence-corrected chi connectivity index (χ4v) is 3.49. The number of benzene rings is 1. The van der Waals surface area contributed by atoms with E-state index in [2.05, 4.69) is 0 Å². The van der Waals surface area contributed by atoms with Crippen LogP contribution in [0.15, 0.2) is 30.3 Å². The van der Waals surface area contributed by atoms with Gasteiger partial charge in [0.15, 0.2) is 0 Å². The van der Waals surface area contributed by atoms with E-state index >= 15 is 0 Å². The first-order valence-corrected chi connectivity index (χ1v) is 7.87. The molecule has 1 aromatic rings. The molecule has 0 aromatic heterocycles. The summed E-state index contributed by atoms with van der Waals surface area (Å²) in [5.74, 6) is 0.266. The van der Waals surface area contributed by atoms with E-state index in [-0.39, 0.29) is 23.9 Å². The van der Waals surface area contributed by atoms with Crippen molar-refractivity contribution >= 4 is 11.8 Å². The van der Waals surface area contributed by atoms with Gasteiger partial charge in [0.1, 0.15) is 12.1 Å². The van der Waals surface area contributed by atoms with Crippen molar-refractivity contribution in [2.75, 3.05) is 6.54 Å². The van der Waals surface area contributed by atoms with Crippen LogP contribution in [-0.4, -0.2) is 40.2 Å². The fourth-order valence-electron chi connectivity index (χ4n) is 3.49. The molecule has 3 rings (SSSR count). The molecular formula is C17H22N2O2. The molecule has 2 aliphatic rings. The van der Waals surface area contributed by atoms with Crippen LogP contribution in [-0.2, 0) is 16.1 Å². The Balaban J connectivity index is 1.86. The quantitative estimate of drug-likeness (QED) is 0.854. The Morgan fingerprint density at radius 3 is 2.57 bits per heavy atom. The average molecular weight is 286 g/mol. The Bertz CT molecular complexity index is 529. The maximum Gasteiger partial charge on any atom is 0.246 e. The second-order valence-corrected chi connectivity index (χ2v) is 5.92. The van der Waals surface area contributed by atoms with E-state index in [1.165, 1.54) is 0 Å². The van der Waals surface area contributed by atoms with Crippen LogP contribution in [0.4, 0.5) is 0 Å². The van der Waals surface area contributed by atoms with E-state index in [4.69, 9.17) is 0 Å². The first-order chi connectivity index (χ1) is 10.2. The first-order valence-electron chi connectivity index (χ1n) is 7.87. The third kappa shape index (κ3) is 2.55. The highest BCUT2D eigenvalue weighted by Crippen LogP contribution is 2.28. The van der Waals surface area contributed by atoms with Crippen LogP contribution in [0.25, 0.3) is 0 Å². The van der Waals surface area contributed by atoms with E-state index in [1.807, 2.05) is 42.2 Å². The Kier molecular flexibility index (Phi) is 3.95. The van der Waals surface area contributed by atoms with Crippen molar-refractivity contribution in [1.29, 1.82) is 0 Å². The second kappa shape index (κ2) is 5.88. The van der Waals surface area contributed by atoms with Crippen molar-refractivity contribution in [2.45, 2.75) is 51.2 Å². The number of amides is 2. The third-order valence-corrected chi connectivity index (χ3v) is 4.60. The van der Waals surface area contributed by atoms with Gasteiger partial charge in [-0.05, 0) is 31.2 Å². The summed E-state index contributed by atoms with van der Waals surface area (Å²) >= 11 is 0. The zero-order valence-electron chi connectivity index (χ0n) is 12.5. The highest BCUT2D eigenvalue weighted by molar-refractivity contribution is 5.97. The van der Waals surface area contributed by atoms with Gasteiger partial charge in [-0.3, -0.25) is 9.59 Å². The summed E-state index contributed by atoms with van der Waals surface area (Å²) in [6.45, 7) is 3.26. The van der Waals surface area contributed by atoms with E-state index in [0.29, 0.717) is 13.0 Å². The van der Waals surface area contributed by atoms with Crippen LogP contribution in [0.5, 0.6) is 0 Å². The molecule has 0 bridgehead atoms. The summed E-state index contributed by atoms with van der Waals surface area (Å²) in [6, 6.07) is 9.41. The minimum Gasteiger partial charge on any atom is -0.329 e. The Hall–Kier alpha value is -1.84. The molecule has 4 heteroatoms. The molecular weight excluding hydrogens is 264 g/mol. The molecule has 1 aromatic carbocycles. The number of carbonyl (C=O) groups is 2. The number of carbonyl (C=O) groups excluding carboxylic acids is 2. The number of piperidine rings is 1. The minimum absolute atomic E-state index is 0.130. The smallest absolute Gasteiger partial charge is 0.246 e.